The van der Waals surface area contributed by atoms with E-state index >= 15 is 0 Å². The first-order chi connectivity index (χ1) is 8.88. The minimum absolute atomic E-state index is 0.0250. The lowest BCUT2D eigenvalue weighted by Gasteiger charge is -2.16. The van der Waals surface area contributed by atoms with E-state index in [1.165, 1.54) is 0 Å². The second kappa shape index (κ2) is 8.94. The molecule has 0 aromatic heterocycles. The Kier molecular flexibility index (Phi) is 7.97. The number of aliphatic carboxylic acids is 2. The molecular weight excluding hydrogens is 252 g/mol. The molecule has 5 N–H and O–H groups in total. The summed E-state index contributed by atoms with van der Waals surface area (Å²) in [5.41, 5.74) is 5.45. The van der Waals surface area contributed by atoms with E-state index in [0.29, 0.717) is 12.8 Å². The van der Waals surface area contributed by atoms with Gasteiger partial charge in [-0.15, -0.1) is 12.3 Å². The van der Waals surface area contributed by atoms with E-state index in [0.717, 1.165) is 0 Å². The number of carbonyl (C=O) groups excluding carboxylic acids is 1. The predicted octanol–water partition coefficient (Wildman–Crippen LogP) is -0.449. The first kappa shape index (κ1) is 16.9. The second-order valence-electron chi connectivity index (χ2n) is 4.05. The van der Waals surface area contributed by atoms with Gasteiger partial charge in [0.25, 0.3) is 0 Å². The van der Waals surface area contributed by atoms with E-state index in [9.17, 15) is 14.4 Å². The number of carbonyl (C=O) groups is 3. The molecule has 7 heteroatoms. The molecule has 0 bridgehead atoms. The van der Waals surface area contributed by atoms with Gasteiger partial charge in [0.2, 0.25) is 5.91 Å². The van der Waals surface area contributed by atoms with Gasteiger partial charge in [-0.2, -0.15) is 0 Å². The van der Waals surface area contributed by atoms with Crippen LogP contribution in [0.3, 0.4) is 0 Å². The van der Waals surface area contributed by atoms with Crippen molar-refractivity contribution in [1.82, 2.24) is 5.32 Å². The van der Waals surface area contributed by atoms with Crippen molar-refractivity contribution >= 4 is 17.8 Å². The van der Waals surface area contributed by atoms with E-state index in [-0.39, 0.29) is 19.3 Å². The Bertz CT molecular complexity index is 375. The van der Waals surface area contributed by atoms with E-state index in [4.69, 9.17) is 22.4 Å². The molecule has 0 aliphatic rings. The maximum atomic E-state index is 11.5. The quantitative estimate of drug-likeness (QED) is 0.332. The van der Waals surface area contributed by atoms with Crippen LogP contribution in [-0.4, -0.2) is 40.1 Å². The van der Waals surface area contributed by atoms with Crippen molar-refractivity contribution in [3.8, 4) is 12.3 Å². The topological polar surface area (TPSA) is 130 Å². The van der Waals surface area contributed by atoms with E-state index in [1.54, 1.807) is 0 Å². The zero-order chi connectivity index (χ0) is 14.8. The zero-order valence-corrected chi connectivity index (χ0v) is 10.5. The van der Waals surface area contributed by atoms with Crippen LogP contribution in [-0.2, 0) is 14.4 Å². The Hall–Kier alpha value is -2.07. The summed E-state index contributed by atoms with van der Waals surface area (Å²) in [7, 11) is 0. The fourth-order valence-electron chi connectivity index (χ4n) is 1.38. The van der Waals surface area contributed by atoms with Crippen molar-refractivity contribution in [2.24, 2.45) is 5.73 Å². The largest absolute Gasteiger partial charge is 0.481 e. The number of terminal acetylenes is 1. The highest BCUT2D eigenvalue weighted by molar-refractivity contribution is 5.86. The number of rotatable bonds is 9. The van der Waals surface area contributed by atoms with Gasteiger partial charge in [-0.25, -0.2) is 4.79 Å². The minimum atomic E-state index is -1.18. The number of unbranched alkanes of at least 4 members (excludes halogenated alkanes) is 1. The SMILES string of the molecule is C#CC[C@H](N)C(=O)NC(CCCCC(=O)O)C(=O)O. The summed E-state index contributed by atoms with van der Waals surface area (Å²) in [6.07, 6.45) is 5.88. The summed E-state index contributed by atoms with van der Waals surface area (Å²) in [5, 5.41) is 19.7. The fourth-order valence-corrected chi connectivity index (χ4v) is 1.38. The first-order valence-corrected chi connectivity index (χ1v) is 5.82. The Balaban J connectivity index is 4.19. The van der Waals surface area contributed by atoms with E-state index in [1.807, 2.05) is 0 Å². The van der Waals surface area contributed by atoms with Gasteiger partial charge in [0, 0.05) is 12.8 Å². The molecule has 19 heavy (non-hydrogen) atoms. The van der Waals surface area contributed by atoms with Crippen molar-refractivity contribution in [1.29, 1.82) is 0 Å². The van der Waals surface area contributed by atoms with Gasteiger partial charge >= 0.3 is 11.9 Å². The monoisotopic (exact) mass is 270 g/mol. The van der Waals surface area contributed by atoms with Gasteiger partial charge in [-0.05, 0) is 12.8 Å². The molecule has 0 aliphatic heterocycles. The predicted molar refractivity (Wildman–Crippen MR) is 67.1 cm³/mol. The molecule has 1 amide bonds. The first-order valence-electron chi connectivity index (χ1n) is 5.82. The maximum absolute atomic E-state index is 11.5. The van der Waals surface area contributed by atoms with Crippen LogP contribution in [0.5, 0.6) is 0 Å². The fraction of sp³-hybridized carbons (Fsp3) is 0.583. The molecule has 0 radical (unpaired) electrons. The lowest BCUT2D eigenvalue weighted by atomic mass is 10.1. The summed E-state index contributed by atoms with van der Waals surface area (Å²) in [6.45, 7) is 0. The van der Waals surface area contributed by atoms with Crippen molar-refractivity contribution in [3.63, 3.8) is 0 Å². The van der Waals surface area contributed by atoms with Crippen LogP contribution in [0.25, 0.3) is 0 Å². The van der Waals surface area contributed by atoms with Crippen molar-refractivity contribution < 1.29 is 24.6 Å². The molecule has 0 spiro atoms. The van der Waals surface area contributed by atoms with Crippen molar-refractivity contribution in [3.05, 3.63) is 0 Å². The highest BCUT2D eigenvalue weighted by Gasteiger charge is 2.22. The molecule has 1 unspecified atom stereocenters. The third-order valence-electron chi connectivity index (χ3n) is 2.42. The number of nitrogens with two attached hydrogens (primary N) is 1. The summed E-state index contributed by atoms with van der Waals surface area (Å²) in [6, 6.07) is -2.02. The minimum Gasteiger partial charge on any atom is -0.481 e. The van der Waals surface area contributed by atoms with Gasteiger partial charge in [-0.3, -0.25) is 9.59 Å². The molecule has 106 valence electrons. The van der Waals surface area contributed by atoms with Gasteiger partial charge in [0.05, 0.1) is 6.04 Å². The average molecular weight is 270 g/mol. The molecule has 0 aliphatic carbocycles. The Morgan fingerprint density at radius 1 is 1.26 bits per heavy atom. The highest BCUT2D eigenvalue weighted by Crippen LogP contribution is 2.05. The van der Waals surface area contributed by atoms with Crippen molar-refractivity contribution in [2.75, 3.05) is 0 Å². The molecule has 0 fully saturated rings. The molecule has 0 saturated carbocycles. The second-order valence-corrected chi connectivity index (χ2v) is 4.05. The van der Waals surface area contributed by atoms with Gasteiger partial charge in [0.1, 0.15) is 6.04 Å². The molecule has 0 aromatic carbocycles. The molecule has 0 rings (SSSR count). The smallest absolute Gasteiger partial charge is 0.326 e. The van der Waals surface area contributed by atoms with Crippen LogP contribution < -0.4 is 11.1 Å². The van der Waals surface area contributed by atoms with Crippen LogP contribution in [0.15, 0.2) is 0 Å². The summed E-state index contributed by atoms with van der Waals surface area (Å²) >= 11 is 0. The van der Waals surface area contributed by atoms with Crippen LogP contribution in [0.4, 0.5) is 0 Å². The third kappa shape index (κ3) is 7.78. The Labute approximate surface area is 111 Å². The third-order valence-corrected chi connectivity index (χ3v) is 2.42. The Morgan fingerprint density at radius 3 is 2.37 bits per heavy atom. The van der Waals surface area contributed by atoms with E-state index < -0.39 is 29.9 Å². The molecule has 7 nitrogen and oxygen atoms in total. The maximum Gasteiger partial charge on any atom is 0.326 e. The normalized spacial score (nSPS) is 13.1. The number of carboxylic acid groups (broad SMARTS) is 2. The number of amides is 1. The van der Waals surface area contributed by atoms with Crippen molar-refractivity contribution in [2.45, 2.75) is 44.2 Å². The highest BCUT2D eigenvalue weighted by atomic mass is 16.4. The number of hydrogen-bond donors (Lipinski definition) is 4. The molecule has 2 atom stereocenters. The zero-order valence-electron chi connectivity index (χ0n) is 10.5. The lowest BCUT2D eigenvalue weighted by molar-refractivity contribution is -0.142. The van der Waals surface area contributed by atoms with Gasteiger partial charge in [-0.1, -0.05) is 6.42 Å². The van der Waals surface area contributed by atoms with Crippen LogP contribution in [0, 0.1) is 12.3 Å². The summed E-state index contributed by atoms with van der Waals surface area (Å²) in [4.78, 5) is 32.7. The van der Waals surface area contributed by atoms with Gasteiger partial charge < -0.3 is 21.3 Å². The molecule has 0 heterocycles. The lowest BCUT2D eigenvalue weighted by Crippen LogP contribution is -2.48. The molecule has 0 aromatic rings. The standard InChI is InChI=1S/C12H18N2O5/c1-2-5-8(13)11(17)14-9(12(18)19)6-3-4-7-10(15)16/h1,8-9H,3-7,13H2,(H,14,17)(H,15,16)(H,18,19)/t8-,9?/m0/s1. The number of hydrogen-bond acceptors (Lipinski definition) is 4. The number of carboxylic acids is 2. The average Bonchev–Trinajstić information content (AvgIpc) is 2.32. The number of nitrogens with one attached hydrogen (secondary N) is 1. The summed E-state index contributed by atoms with van der Waals surface area (Å²) < 4.78 is 0. The summed E-state index contributed by atoms with van der Waals surface area (Å²) in [5.74, 6) is -0.526. The molecular formula is C12H18N2O5. The van der Waals surface area contributed by atoms with Gasteiger partial charge in [0.15, 0.2) is 0 Å². The van der Waals surface area contributed by atoms with Crippen LogP contribution in [0.1, 0.15) is 32.1 Å². The Morgan fingerprint density at radius 2 is 1.89 bits per heavy atom. The van der Waals surface area contributed by atoms with E-state index in [2.05, 4.69) is 11.2 Å². The molecule has 0 saturated heterocycles. The van der Waals surface area contributed by atoms with Crippen LogP contribution >= 0.6 is 0 Å². The van der Waals surface area contributed by atoms with Crippen LogP contribution in [0.2, 0.25) is 0 Å².